The van der Waals surface area contributed by atoms with E-state index in [1.165, 1.54) is 6.07 Å². The standard InChI is InChI=1S/C27H28N4O4/c1-18-12-14-30(15-13-18)24-11-10-20(16-25(24)31(34)35)26(32)28-21-7-5-8-22(17-21)29-27(33)23-9-4-3-6-19(23)2/h3-11,16-18H,12-15H2,1-2H3,(H,28,32)(H,29,33). The molecule has 1 aliphatic rings. The summed E-state index contributed by atoms with van der Waals surface area (Å²) in [5.41, 5.74) is 3.08. The van der Waals surface area contributed by atoms with E-state index in [9.17, 15) is 19.7 Å². The van der Waals surface area contributed by atoms with Crippen LogP contribution in [0.3, 0.4) is 0 Å². The zero-order chi connectivity index (χ0) is 24.9. The van der Waals surface area contributed by atoms with Crippen LogP contribution in [0.5, 0.6) is 0 Å². The first-order valence-electron chi connectivity index (χ1n) is 11.6. The van der Waals surface area contributed by atoms with Gasteiger partial charge in [0.1, 0.15) is 5.69 Å². The van der Waals surface area contributed by atoms with Gasteiger partial charge in [-0.25, -0.2) is 0 Å². The molecule has 1 heterocycles. The van der Waals surface area contributed by atoms with Gasteiger partial charge in [-0.05, 0) is 67.6 Å². The van der Waals surface area contributed by atoms with Crippen molar-refractivity contribution >= 4 is 34.6 Å². The number of nitrogens with zero attached hydrogens (tertiary/aromatic N) is 2. The first kappa shape index (κ1) is 23.9. The smallest absolute Gasteiger partial charge is 0.293 e. The van der Waals surface area contributed by atoms with Gasteiger partial charge in [0, 0.05) is 41.7 Å². The van der Waals surface area contributed by atoms with Crippen molar-refractivity contribution in [2.24, 2.45) is 5.92 Å². The van der Waals surface area contributed by atoms with Crippen LogP contribution in [-0.4, -0.2) is 29.8 Å². The predicted molar refractivity (Wildman–Crippen MR) is 137 cm³/mol. The number of amides is 2. The second-order valence-electron chi connectivity index (χ2n) is 8.93. The number of hydrogen-bond acceptors (Lipinski definition) is 5. The summed E-state index contributed by atoms with van der Waals surface area (Å²) >= 11 is 0. The number of nitro groups is 1. The molecule has 0 saturated carbocycles. The summed E-state index contributed by atoms with van der Waals surface area (Å²) in [6.45, 7) is 5.56. The molecule has 4 rings (SSSR count). The van der Waals surface area contributed by atoms with Gasteiger partial charge < -0.3 is 15.5 Å². The van der Waals surface area contributed by atoms with Gasteiger partial charge in [-0.3, -0.25) is 19.7 Å². The second-order valence-corrected chi connectivity index (χ2v) is 8.93. The number of aryl methyl sites for hydroxylation is 1. The average Bonchev–Trinajstić information content (AvgIpc) is 2.84. The summed E-state index contributed by atoms with van der Waals surface area (Å²) in [6, 6.07) is 18.6. The molecule has 8 heteroatoms. The monoisotopic (exact) mass is 472 g/mol. The largest absolute Gasteiger partial charge is 0.366 e. The fourth-order valence-corrected chi connectivity index (χ4v) is 4.23. The molecule has 0 unspecified atom stereocenters. The number of nitrogens with one attached hydrogen (secondary N) is 2. The quantitative estimate of drug-likeness (QED) is 0.357. The molecule has 3 aromatic rings. The van der Waals surface area contributed by atoms with E-state index in [4.69, 9.17) is 0 Å². The van der Waals surface area contributed by atoms with E-state index >= 15 is 0 Å². The van der Waals surface area contributed by atoms with Crippen molar-refractivity contribution in [2.75, 3.05) is 28.6 Å². The minimum atomic E-state index is -0.464. The van der Waals surface area contributed by atoms with Gasteiger partial charge in [0.25, 0.3) is 17.5 Å². The van der Waals surface area contributed by atoms with Gasteiger partial charge in [-0.15, -0.1) is 0 Å². The van der Waals surface area contributed by atoms with Crippen LogP contribution in [0.2, 0.25) is 0 Å². The Morgan fingerprint density at radius 2 is 1.57 bits per heavy atom. The van der Waals surface area contributed by atoms with Crippen LogP contribution in [0.15, 0.2) is 66.7 Å². The maximum absolute atomic E-state index is 12.9. The summed E-state index contributed by atoms with van der Waals surface area (Å²) in [5, 5.41) is 17.4. The molecule has 1 fully saturated rings. The first-order valence-corrected chi connectivity index (χ1v) is 11.6. The summed E-state index contributed by atoms with van der Waals surface area (Å²) < 4.78 is 0. The van der Waals surface area contributed by atoms with Crippen molar-refractivity contribution in [2.45, 2.75) is 26.7 Å². The van der Waals surface area contributed by atoms with Crippen LogP contribution in [-0.2, 0) is 0 Å². The Labute approximate surface area is 204 Å². The SMILES string of the molecule is Cc1ccccc1C(=O)Nc1cccc(NC(=O)c2ccc(N3CCC(C)CC3)c([N+](=O)[O-])c2)c1. The Bertz CT molecular complexity index is 1270. The molecule has 1 saturated heterocycles. The van der Waals surface area contributed by atoms with E-state index in [1.807, 2.05) is 24.0 Å². The van der Waals surface area contributed by atoms with Crippen molar-refractivity contribution < 1.29 is 14.5 Å². The summed E-state index contributed by atoms with van der Waals surface area (Å²) in [5.74, 6) is -0.105. The molecular formula is C27H28N4O4. The molecule has 1 aliphatic heterocycles. The van der Waals surface area contributed by atoms with Crippen molar-refractivity contribution in [3.05, 3.63) is 93.5 Å². The van der Waals surface area contributed by atoms with Gasteiger partial charge in [0.05, 0.1) is 4.92 Å². The summed E-state index contributed by atoms with van der Waals surface area (Å²) in [6.07, 6.45) is 1.96. The van der Waals surface area contributed by atoms with Crippen molar-refractivity contribution in [3.63, 3.8) is 0 Å². The van der Waals surface area contributed by atoms with Gasteiger partial charge in [-0.1, -0.05) is 31.2 Å². The second kappa shape index (κ2) is 10.4. The number of nitro benzene ring substituents is 1. The van der Waals surface area contributed by atoms with E-state index in [1.54, 1.807) is 48.5 Å². The third-order valence-electron chi connectivity index (χ3n) is 6.33. The molecule has 180 valence electrons. The van der Waals surface area contributed by atoms with Gasteiger partial charge in [0.2, 0.25) is 0 Å². The summed E-state index contributed by atoms with van der Waals surface area (Å²) in [4.78, 5) is 38.8. The Balaban J connectivity index is 1.49. The maximum Gasteiger partial charge on any atom is 0.293 e. The van der Waals surface area contributed by atoms with E-state index < -0.39 is 10.8 Å². The highest BCUT2D eigenvalue weighted by molar-refractivity contribution is 6.07. The van der Waals surface area contributed by atoms with Crippen LogP contribution in [0.1, 0.15) is 46.0 Å². The van der Waals surface area contributed by atoms with Gasteiger partial charge >= 0.3 is 0 Å². The third-order valence-corrected chi connectivity index (χ3v) is 6.33. The van der Waals surface area contributed by atoms with E-state index in [-0.39, 0.29) is 17.2 Å². The molecular weight excluding hydrogens is 444 g/mol. The Kier molecular flexibility index (Phi) is 7.10. The molecule has 2 amide bonds. The fraction of sp³-hybridized carbons (Fsp3) is 0.259. The Morgan fingerprint density at radius 1 is 0.914 bits per heavy atom. The van der Waals surface area contributed by atoms with Gasteiger partial charge in [-0.2, -0.15) is 0 Å². The highest BCUT2D eigenvalue weighted by Gasteiger charge is 2.25. The molecule has 0 aliphatic carbocycles. The van der Waals surface area contributed by atoms with Crippen molar-refractivity contribution in [1.82, 2.24) is 0 Å². The molecule has 0 atom stereocenters. The summed E-state index contributed by atoms with van der Waals surface area (Å²) in [7, 11) is 0. The molecule has 0 bridgehead atoms. The fourth-order valence-electron chi connectivity index (χ4n) is 4.23. The molecule has 8 nitrogen and oxygen atoms in total. The maximum atomic E-state index is 12.9. The molecule has 0 aromatic heterocycles. The number of piperidine rings is 1. The normalized spacial score (nSPS) is 13.8. The average molecular weight is 473 g/mol. The minimum Gasteiger partial charge on any atom is -0.366 e. The molecule has 2 N–H and O–H groups in total. The van der Waals surface area contributed by atoms with Crippen LogP contribution in [0.4, 0.5) is 22.7 Å². The van der Waals surface area contributed by atoms with Crippen LogP contribution >= 0.6 is 0 Å². The van der Waals surface area contributed by atoms with E-state index in [0.29, 0.717) is 28.5 Å². The van der Waals surface area contributed by atoms with Crippen LogP contribution < -0.4 is 15.5 Å². The number of rotatable bonds is 6. The molecule has 3 aromatic carbocycles. The van der Waals surface area contributed by atoms with Crippen molar-refractivity contribution in [1.29, 1.82) is 0 Å². The highest BCUT2D eigenvalue weighted by Crippen LogP contribution is 2.32. The predicted octanol–water partition coefficient (Wildman–Crippen LogP) is 5.64. The zero-order valence-corrected chi connectivity index (χ0v) is 19.8. The number of anilines is 3. The highest BCUT2D eigenvalue weighted by atomic mass is 16.6. The van der Waals surface area contributed by atoms with E-state index in [0.717, 1.165) is 31.5 Å². The number of hydrogen-bond donors (Lipinski definition) is 2. The van der Waals surface area contributed by atoms with Crippen LogP contribution in [0, 0.1) is 23.0 Å². The minimum absolute atomic E-state index is 0.0774. The molecule has 35 heavy (non-hydrogen) atoms. The molecule has 0 radical (unpaired) electrons. The lowest BCUT2D eigenvalue weighted by Gasteiger charge is -2.31. The van der Waals surface area contributed by atoms with E-state index in [2.05, 4.69) is 17.6 Å². The lowest BCUT2D eigenvalue weighted by atomic mass is 9.98. The Morgan fingerprint density at radius 3 is 2.23 bits per heavy atom. The number of carbonyl (C=O) groups is 2. The van der Waals surface area contributed by atoms with Crippen LogP contribution in [0.25, 0.3) is 0 Å². The molecule has 0 spiro atoms. The third kappa shape index (κ3) is 5.66. The zero-order valence-electron chi connectivity index (χ0n) is 19.8. The van der Waals surface area contributed by atoms with Crippen molar-refractivity contribution in [3.8, 4) is 0 Å². The number of carbonyl (C=O) groups excluding carboxylic acids is 2. The lowest BCUT2D eigenvalue weighted by molar-refractivity contribution is -0.384. The Hall–Kier alpha value is -4.20. The first-order chi connectivity index (χ1) is 16.8. The topological polar surface area (TPSA) is 105 Å². The number of benzene rings is 3. The lowest BCUT2D eigenvalue weighted by Crippen LogP contribution is -2.33. The van der Waals surface area contributed by atoms with Gasteiger partial charge in [0.15, 0.2) is 0 Å².